The summed E-state index contributed by atoms with van der Waals surface area (Å²) in [5.74, 6) is 0.791. The molecule has 0 amide bonds. The van der Waals surface area contributed by atoms with Crippen LogP contribution >= 0.6 is 0 Å². The van der Waals surface area contributed by atoms with E-state index in [1.807, 2.05) is 82.3 Å². The monoisotopic (exact) mass is 806 g/mol. The maximum atomic E-state index is 11.7. The predicted molar refractivity (Wildman–Crippen MR) is 234 cm³/mol. The van der Waals surface area contributed by atoms with E-state index in [2.05, 4.69) is 49.0 Å². The lowest BCUT2D eigenvalue weighted by atomic mass is 10.1. The van der Waals surface area contributed by atoms with Crippen molar-refractivity contribution in [2.24, 2.45) is 30.7 Å². The van der Waals surface area contributed by atoms with Gasteiger partial charge in [-0.2, -0.15) is 34.0 Å². The third-order valence-corrected chi connectivity index (χ3v) is 10.6. The van der Waals surface area contributed by atoms with Gasteiger partial charge in [-0.15, -0.1) is 5.11 Å². The molecule has 0 radical (unpaired) electrons. The Labute approximate surface area is 341 Å². The first kappa shape index (κ1) is 40.2. The topological polar surface area (TPSA) is 196 Å². The van der Waals surface area contributed by atoms with Crippen molar-refractivity contribution in [1.29, 1.82) is 0 Å². The summed E-state index contributed by atoms with van der Waals surface area (Å²) in [6, 6.07) is 32.6. The Balaban J connectivity index is 1.04. The molecule has 0 fully saturated rings. The number of hydrogen-bond acceptors (Lipinski definition) is 12. The molecule has 0 aliphatic rings. The zero-order chi connectivity index (χ0) is 41.8. The number of phenolic OH excluding ortho intramolecular Hbond substituents is 1. The van der Waals surface area contributed by atoms with Gasteiger partial charge in [-0.25, -0.2) is 0 Å². The fourth-order valence-electron chi connectivity index (χ4n) is 6.42. The Morgan fingerprint density at radius 3 is 1.78 bits per heavy atom. The van der Waals surface area contributed by atoms with Crippen molar-refractivity contribution >= 4 is 82.8 Å². The molecule has 0 saturated heterocycles. The van der Waals surface area contributed by atoms with Crippen LogP contribution in [0.5, 0.6) is 11.5 Å². The van der Waals surface area contributed by atoms with Crippen LogP contribution < -0.4 is 15.8 Å². The van der Waals surface area contributed by atoms with E-state index in [1.54, 1.807) is 36.4 Å². The highest BCUT2D eigenvalue weighted by Crippen LogP contribution is 2.39. The number of nitrogens with two attached hydrogens (primary N) is 1. The van der Waals surface area contributed by atoms with Crippen molar-refractivity contribution < 1.29 is 22.8 Å². The van der Waals surface area contributed by atoms with Gasteiger partial charge < -0.3 is 20.9 Å². The third-order valence-electron chi connectivity index (χ3n) is 9.67. The number of hydrogen-bond donors (Lipinski definition) is 4. The molecule has 0 aromatic heterocycles. The number of benzene rings is 7. The molecular formula is C45H42N8O5S. The molecule has 7 rings (SSSR count). The number of aryl methyl sites for hydroxylation is 4. The van der Waals surface area contributed by atoms with Crippen LogP contribution in [0.1, 0.15) is 35.6 Å². The highest BCUT2D eigenvalue weighted by Gasteiger charge is 2.15. The summed E-state index contributed by atoms with van der Waals surface area (Å²) < 4.78 is 38.8. The molecule has 14 heteroatoms. The number of nitrogens with zero attached hydrogens (tertiary/aromatic N) is 6. The number of nitrogen functional groups attached to an aromatic ring is 1. The first-order chi connectivity index (χ1) is 28.3. The molecule has 7 aromatic carbocycles. The Morgan fingerprint density at radius 2 is 1.17 bits per heavy atom. The van der Waals surface area contributed by atoms with E-state index in [0.29, 0.717) is 40.1 Å². The number of anilines is 3. The zero-order valence-electron chi connectivity index (χ0n) is 33.1. The normalized spacial score (nSPS) is 12.1. The average Bonchev–Trinajstić information content (AvgIpc) is 3.21. The molecule has 0 bridgehead atoms. The molecule has 7 aromatic rings. The highest BCUT2D eigenvalue weighted by atomic mass is 32.2. The molecule has 0 saturated carbocycles. The summed E-state index contributed by atoms with van der Waals surface area (Å²) in [5, 5.41) is 44.6. The molecule has 298 valence electrons. The van der Waals surface area contributed by atoms with E-state index in [0.717, 1.165) is 62.3 Å². The van der Waals surface area contributed by atoms with Crippen molar-refractivity contribution in [2.45, 2.75) is 45.9 Å². The number of nitrogens with one attached hydrogen (secondary N) is 1. The Morgan fingerprint density at radius 1 is 0.610 bits per heavy atom. The maximum absolute atomic E-state index is 11.7. The van der Waals surface area contributed by atoms with E-state index in [-0.39, 0.29) is 17.1 Å². The van der Waals surface area contributed by atoms with Crippen LogP contribution in [0.2, 0.25) is 0 Å². The molecule has 13 nitrogen and oxygen atoms in total. The largest absolute Gasteiger partial charge is 0.505 e. The van der Waals surface area contributed by atoms with Crippen LogP contribution in [-0.2, 0) is 10.1 Å². The van der Waals surface area contributed by atoms with E-state index in [1.165, 1.54) is 12.1 Å². The van der Waals surface area contributed by atoms with Crippen molar-refractivity contribution in [3.05, 3.63) is 131 Å². The summed E-state index contributed by atoms with van der Waals surface area (Å²) >= 11 is 0. The lowest BCUT2D eigenvalue weighted by Crippen LogP contribution is -2.04. The van der Waals surface area contributed by atoms with Crippen molar-refractivity contribution in [2.75, 3.05) is 17.7 Å². The molecule has 0 unspecified atom stereocenters. The molecule has 59 heavy (non-hydrogen) atoms. The standard InChI is InChI=1S/C45H42N8O5S/c1-6-18-58-43-9-7-8-30-10-12-34(24-36(30)43)48-50-39-19-27(3)41(20-26(39)2)52-53-42-22-28(4)40(21-29(42)5)51-49-38-17-11-31-23-32(13-15-35(31)45(38)54)47-33-14-16-37(46)44(25-33)59(55,56)57/h7-17,19-25,47,54H,6,18,46H2,1-5H3,(H,55,56,57). The summed E-state index contributed by atoms with van der Waals surface area (Å²) in [4.78, 5) is -0.391. The van der Waals surface area contributed by atoms with Gasteiger partial charge >= 0.3 is 0 Å². The van der Waals surface area contributed by atoms with E-state index >= 15 is 0 Å². The minimum atomic E-state index is -4.49. The van der Waals surface area contributed by atoms with E-state index < -0.39 is 15.0 Å². The molecule has 0 heterocycles. The van der Waals surface area contributed by atoms with Crippen LogP contribution in [0.3, 0.4) is 0 Å². The highest BCUT2D eigenvalue weighted by molar-refractivity contribution is 7.86. The van der Waals surface area contributed by atoms with Gasteiger partial charge in [0.25, 0.3) is 10.1 Å². The van der Waals surface area contributed by atoms with Crippen LogP contribution in [0.15, 0.2) is 145 Å². The fraction of sp³-hybridized carbons (Fsp3) is 0.156. The second-order valence-electron chi connectivity index (χ2n) is 14.2. The average molecular weight is 807 g/mol. The number of azo groups is 3. The van der Waals surface area contributed by atoms with Crippen LogP contribution in [-0.4, -0.2) is 24.7 Å². The van der Waals surface area contributed by atoms with E-state index in [4.69, 9.17) is 10.5 Å². The summed E-state index contributed by atoms with van der Waals surface area (Å²) in [6.07, 6.45) is 0.928. The first-order valence-electron chi connectivity index (χ1n) is 18.8. The predicted octanol–water partition coefficient (Wildman–Crippen LogP) is 13.5. The van der Waals surface area contributed by atoms with Crippen LogP contribution in [0, 0.1) is 27.7 Å². The Kier molecular flexibility index (Phi) is 11.5. The zero-order valence-corrected chi connectivity index (χ0v) is 33.9. The van der Waals surface area contributed by atoms with Gasteiger partial charge in [0, 0.05) is 22.1 Å². The maximum Gasteiger partial charge on any atom is 0.296 e. The lowest BCUT2D eigenvalue weighted by molar-refractivity contribution is 0.321. The smallest absolute Gasteiger partial charge is 0.296 e. The van der Waals surface area contributed by atoms with Gasteiger partial charge in [0.05, 0.1) is 40.7 Å². The minimum Gasteiger partial charge on any atom is -0.505 e. The molecule has 0 atom stereocenters. The van der Waals surface area contributed by atoms with Crippen molar-refractivity contribution in [1.82, 2.24) is 0 Å². The van der Waals surface area contributed by atoms with Gasteiger partial charge in [0.1, 0.15) is 16.3 Å². The van der Waals surface area contributed by atoms with Gasteiger partial charge in [0.2, 0.25) is 0 Å². The number of fused-ring (bicyclic) bond motifs is 2. The number of ether oxygens (including phenoxy) is 1. The second kappa shape index (κ2) is 16.8. The van der Waals surface area contributed by atoms with Crippen molar-refractivity contribution in [3.63, 3.8) is 0 Å². The van der Waals surface area contributed by atoms with Crippen LogP contribution in [0.4, 0.5) is 51.2 Å². The van der Waals surface area contributed by atoms with Gasteiger partial charge in [-0.1, -0.05) is 31.2 Å². The molecule has 0 aliphatic carbocycles. The SMILES string of the molecule is CCCOc1cccc2ccc(N=Nc3cc(C)c(N=Nc4cc(C)c(N=Nc5ccc6cc(Nc7ccc(N)c(S(=O)(=O)O)c7)ccc6c5O)cc4C)cc3C)cc12. The summed E-state index contributed by atoms with van der Waals surface area (Å²) in [7, 11) is -4.49. The second-order valence-corrected chi connectivity index (χ2v) is 15.6. The van der Waals surface area contributed by atoms with Crippen LogP contribution in [0.25, 0.3) is 21.5 Å². The molecule has 5 N–H and O–H groups in total. The lowest BCUT2D eigenvalue weighted by Gasteiger charge is -2.11. The van der Waals surface area contributed by atoms with Crippen molar-refractivity contribution in [3.8, 4) is 11.5 Å². The number of rotatable bonds is 12. The first-order valence-corrected chi connectivity index (χ1v) is 20.2. The fourth-order valence-corrected chi connectivity index (χ4v) is 7.07. The summed E-state index contributed by atoms with van der Waals surface area (Å²) in [6.45, 7) is 10.5. The quantitative estimate of drug-likeness (QED) is 0.0535. The third kappa shape index (κ3) is 9.09. The number of phenols is 1. The molecule has 0 aliphatic heterocycles. The summed E-state index contributed by atoms with van der Waals surface area (Å²) in [5.41, 5.74) is 13.9. The molecule has 0 spiro atoms. The van der Waals surface area contributed by atoms with Gasteiger partial charge in [-0.05, 0) is 152 Å². The Bertz CT molecular complexity index is 2970. The van der Waals surface area contributed by atoms with E-state index in [9.17, 15) is 18.1 Å². The van der Waals surface area contributed by atoms with Gasteiger partial charge in [0.15, 0.2) is 5.75 Å². The number of aromatic hydroxyl groups is 1. The minimum absolute atomic E-state index is 0.0444. The molecular weight excluding hydrogens is 765 g/mol. The van der Waals surface area contributed by atoms with Gasteiger partial charge in [-0.3, -0.25) is 4.55 Å². The Hall–Kier alpha value is -7.03.